The Hall–Kier alpha value is -3.08. The molecule has 1 aliphatic heterocycles. The number of amides is 1. The summed E-state index contributed by atoms with van der Waals surface area (Å²) in [4.78, 5) is 17.0. The number of nitrogens with zero attached hydrogens (tertiary/aromatic N) is 4. The van der Waals surface area contributed by atoms with Gasteiger partial charge >= 0.3 is 0 Å². The molecule has 0 spiro atoms. The second-order valence-corrected chi connectivity index (χ2v) is 7.81. The predicted molar refractivity (Wildman–Crippen MR) is 117 cm³/mol. The number of piperidine rings is 1. The standard InChI is InChI=1S/C24H28N4O/c1-19-14-15-25-28(19)23-12-8-21(9-13-23)24(29)26(2)18-20-6-10-22(11-7-20)27-16-4-3-5-17-27/h6-15H,3-5,16-18H2,1-2H3. The first-order valence-corrected chi connectivity index (χ1v) is 10.3. The molecule has 0 aliphatic carbocycles. The maximum atomic E-state index is 12.8. The van der Waals surface area contributed by atoms with Crippen molar-refractivity contribution < 1.29 is 4.79 Å². The van der Waals surface area contributed by atoms with Gasteiger partial charge in [-0.25, -0.2) is 4.68 Å². The summed E-state index contributed by atoms with van der Waals surface area (Å²) in [6.45, 7) is 4.90. The summed E-state index contributed by atoms with van der Waals surface area (Å²) >= 11 is 0. The molecule has 5 heteroatoms. The van der Waals surface area contributed by atoms with Gasteiger partial charge in [0.25, 0.3) is 5.91 Å². The minimum Gasteiger partial charge on any atom is -0.372 e. The van der Waals surface area contributed by atoms with Crippen LogP contribution in [0.1, 0.15) is 40.9 Å². The molecule has 1 fully saturated rings. The molecule has 0 N–H and O–H groups in total. The number of hydrogen-bond donors (Lipinski definition) is 0. The molecule has 3 aromatic rings. The van der Waals surface area contributed by atoms with Crippen LogP contribution in [0, 0.1) is 6.92 Å². The van der Waals surface area contributed by atoms with Gasteiger partial charge in [-0.1, -0.05) is 12.1 Å². The molecule has 1 saturated heterocycles. The van der Waals surface area contributed by atoms with E-state index in [1.165, 1.54) is 24.9 Å². The van der Waals surface area contributed by atoms with Crippen molar-refractivity contribution in [1.29, 1.82) is 0 Å². The Balaban J connectivity index is 1.39. The van der Waals surface area contributed by atoms with Crippen LogP contribution in [0.15, 0.2) is 60.8 Å². The van der Waals surface area contributed by atoms with Crippen molar-refractivity contribution in [3.05, 3.63) is 77.6 Å². The summed E-state index contributed by atoms with van der Waals surface area (Å²) in [5.74, 6) is 0.0221. The number of hydrogen-bond acceptors (Lipinski definition) is 3. The first kappa shape index (κ1) is 19.2. The average Bonchev–Trinajstić information content (AvgIpc) is 3.20. The number of aryl methyl sites for hydroxylation is 1. The van der Waals surface area contributed by atoms with E-state index in [1.807, 2.05) is 49.0 Å². The maximum absolute atomic E-state index is 12.8. The molecule has 2 aromatic carbocycles. The number of aromatic nitrogens is 2. The van der Waals surface area contributed by atoms with Crippen LogP contribution in [0.25, 0.3) is 5.69 Å². The maximum Gasteiger partial charge on any atom is 0.253 e. The molecular formula is C24H28N4O. The smallest absolute Gasteiger partial charge is 0.253 e. The lowest BCUT2D eigenvalue weighted by molar-refractivity contribution is 0.0785. The van der Waals surface area contributed by atoms with Crippen molar-refractivity contribution in [3.8, 4) is 5.69 Å². The summed E-state index contributed by atoms with van der Waals surface area (Å²) in [6, 6.07) is 18.2. The van der Waals surface area contributed by atoms with Crippen LogP contribution in [0.4, 0.5) is 5.69 Å². The Morgan fingerprint density at radius 2 is 1.59 bits per heavy atom. The molecule has 0 radical (unpaired) electrons. The molecular weight excluding hydrogens is 360 g/mol. The van der Waals surface area contributed by atoms with E-state index in [9.17, 15) is 4.79 Å². The van der Waals surface area contributed by atoms with Crippen LogP contribution < -0.4 is 4.90 Å². The number of benzene rings is 2. The van der Waals surface area contributed by atoms with Crippen LogP contribution >= 0.6 is 0 Å². The summed E-state index contributed by atoms with van der Waals surface area (Å²) in [5, 5.41) is 4.31. The summed E-state index contributed by atoms with van der Waals surface area (Å²) in [6.07, 6.45) is 5.66. The van der Waals surface area contributed by atoms with Crippen molar-refractivity contribution in [1.82, 2.24) is 14.7 Å². The monoisotopic (exact) mass is 388 g/mol. The largest absolute Gasteiger partial charge is 0.372 e. The van der Waals surface area contributed by atoms with E-state index >= 15 is 0 Å². The molecule has 0 bridgehead atoms. The zero-order valence-corrected chi connectivity index (χ0v) is 17.2. The first-order chi connectivity index (χ1) is 14.1. The SMILES string of the molecule is Cc1ccnn1-c1ccc(C(=O)N(C)Cc2ccc(N3CCCCC3)cc2)cc1. The Morgan fingerprint density at radius 1 is 0.931 bits per heavy atom. The van der Waals surface area contributed by atoms with Crippen molar-refractivity contribution >= 4 is 11.6 Å². The lowest BCUT2D eigenvalue weighted by Crippen LogP contribution is -2.29. The van der Waals surface area contributed by atoms with Gasteiger partial charge in [0.05, 0.1) is 5.69 Å². The fourth-order valence-corrected chi connectivity index (χ4v) is 3.92. The van der Waals surface area contributed by atoms with Gasteiger partial charge in [0.1, 0.15) is 0 Å². The molecule has 1 amide bonds. The van der Waals surface area contributed by atoms with Gasteiger partial charge < -0.3 is 9.80 Å². The van der Waals surface area contributed by atoms with Crippen LogP contribution in [-0.2, 0) is 6.54 Å². The van der Waals surface area contributed by atoms with Gasteiger partial charge in [-0.15, -0.1) is 0 Å². The Morgan fingerprint density at radius 3 is 2.21 bits per heavy atom. The van der Waals surface area contributed by atoms with E-state index < -0.39 is 0 Å². The first-order valence-electron chi connectivity index (χ1n) is 10.3. The fourth-order valence-electron chi connectivity index (χ4n) is 3.92. The van der Waals surface area contributed by atoms with Gasteiger partial charge in [0.2, 0.25) is 0 Å². The molecule has 0 atom stereocenters. The van der Waals surface area contributed by atoms with E-state index in [2.05, 4.69) is 34.3 Å². The Kier molecular flexibility index (Phi) is 5.65. The molecule has 0 unspecified atom stereocenters. The van der Waals surface area contributed by atoms with Crippen molar-refractivity contribution in [2.75, 3.05) is 25.0 Å². The van der Waals surface area contributed by atoms with Crippen molar-refractivity contribution in [2.24, 2.45) is 0 Å². The second-order valence-electron chi connectivity index (χ2n) is 7.81. The second kappa shape index (κ2) is 8.52. The molecule has 1 aromatic heterocycles. The fraction of sp³-hybridized carbons (Fsp3) is 0.333. The number of carbonyl (C=O) groups excluding carboxylic acids is 1. The zero-order chi connectivity index (χ0) is 20.2. The van der Waals surface area contributed by atoms with Gasteiger partial charge in [-0.05, 0) is 74.2 Å². The normalized spacial score (nSPS) is 14.1. The summed E-state index contributed by atoms with van der Waals surface area (Å²) in [7, 11) is 1.85. The topological polar surface area (TPSA) is 41.4 Å². The van der Waals surface area contributed by atoms with Crippen molar-refractivity contribution in [2.45, 2.75) is 32.7 Å². The third-order valence-corrected chi connectivity index (χ3v) is 5.61. The predicted octanol–water partition coefficient (Wildman–Crippen LogP) is 4.44. The van der Waals surface area contributed by atoms with E-state index in [4.69, 9.17) is 0 Å². The van der Waals surface area contributed by atoms with E-state index in [-0.39, 0.29) is 5.91 Å². The van der Waals surface area contributed by atoms with Crippen LogP contribution in [0.2, 0.25) is 0 Å². The third-order valence-electron chi connectivity index (χ3n) is 5.61. The van der Waals surface area contributed by atoms with Gasteiger partial charge in [0, 0.05) is 49.8 Å². The highest BCUT2D eigenvalue weighted by Crippen LogP contribution is 2.21. The lowest BCUT2D eigenvalue weighted by Gasteiger charge is -2.29. The van der Waals surface area contributed by atoms with Gasteiger partial charge in [0.15, 0.2) is 0 Å². The highest BCUT2D eigenvalue weighted by atomic mass is 16.2. The number of carbonyl (C=O) groups is 1. The minimum atomic E-state index is 0.0221. The van der Waals surface area contributed by atoms with Gasteiger partial charge in [-0.3, -0.25) is 4.79 Å². The molecule has 2 heterocycles. The van der Waals surface area contributed by atoms with E-state index in [0.717, 1.165) is 30.0 Å². The van der Waals surface area contributed by atoms with Crippen molar-refractivity contribution in [3.63, 3.8) is 0 Å². The van der Waals surface area contributed by atoms with E-state index in [1.54, 1.807) is 11.1 Å². The molecule has 1 aliphatic rings. The number of rotatable bonds is 5. The molecule has 150 valence electrons. The highest BCUT2D eigenvalue weighted by molar-refractivity contribution is 5.94. The Labute approximate surface area is 172 Å². The molecule has 5 nitrogen and oxygen atoms in total. The summed E-state index contributed by atoms with van der Waals surface area (Å²) in [5.41, 5.74) is 5.14. The highest BCUT2D eigenvalue weighted by Gasteiger charge is 2.14. The molecule has 4 rings (SSSR count). The van der Waals surface area contributed by atoms with Crippen LogP contribution in [-0.4, -0.2) is 40.7 Å². The molecule has 0 saturated carbocycles. The Bertz CT molecular complexity index is 953. The van der Waals surface area contributed by atoms with Crippen LogP contribution in [0.3, 0.4) is 0 Å². The van der Waals surface area contributed by atoms with Crippen LogP contribution in [0.5, 0.6) is 0 Å². The minimum absolute atomic E-state index is 0.0221. The number of anilines is 1. The lowest BCUT2D eigenvalue weighted by atomic mass is 10.1. The van der Waals surface area contributed by atoms with E-state index in [0.29, 0.717) is 12.1 Å². The third kappa shape index (κ3) is 4.34. The van der Waals surface area contributed by atoms with Gasteiger partial charge in [-0.2, -0.15) is 5.10 Å². The average molecular weight is 389 g/mol. The zero-order valence-electron chi connectivity index (χ0n) is 17.2. The molecule has 29 heavy (non-hydrogen) atoms. The quantitative estimate of drug-likeness (QED) is 0.649. The summed E-state index contributed by atoms with van der Waals surface area (Å²) < 4.78 is 1.86.